The van der Waals surface area contributed by atoms with E-state index in [1.807, 2.05) is 6.92 Å². The summed E-state index contributed by atoms with van der Waals surface area (Å²) >= 11 is 0. The molecule has 1 rings (SSSR count). The Hall–Kier alpha value is -0.570. The monoisotopic (exact) mass is 172 g/mol. The zero-order valence-corrected chi connectivity index (χ0v) is 7.62. The Labute approximate surface area is 72.7 Å². The molecule has 1 saturated heterocycles. The van der Waals surface area contributed by atoms with Crippen molar-refractivity contribution in [1.29, 1.82) is 0 Å². The van der Waals surface area contributed by atoms with Crippen LogP contribution in [-0.2, 0) is 9.53 Å². The van der Waals surface area contributed by atoms with E-state index in [0.717, 1.165) is 6.42 Å². The Morgan fingerprint density at radius 1 is 1.58 bits per heavy atom. The highest BCUT2D eigenvalue weighted by atomic mass is 16.5. The Bertz CT molecular complexity index is 167. The molecule has 0 aromatic heterocycles. The highest BCUT2D eigenvalue weighted by Gasteiger charge is 2.27. The molecule has 1 heterocycles. The zero-order valence-electron chi connectivity index (χ0n) is 7.62. The standard InChI is InChI=1S/C9H16O3/c1-6-5-12-7(2)3-8(6)4-9(10)11/h6-8H,3-5H2,1-2H3,(H,10,11)/t6-,7-,8?/m0/s1. The van der Waals surface area contributed by atoms with Crippen molar-refractivity contribution in [3.63, 3.8) is 0 Å². The third-order valence-corrected chi connectivity index (χ3v) is 2.52. The highest BCUT2D eigenvalue weighted by Crippen LogP contribution is 2.27. The molecule has 3 nitrogen and oxygen atoms in total. The quantitative estimate of drug-likeness (QED) is 0.687. The summed E-state index contributed by atoms with van der Waals surface area (Å²) in [4.78, 5) is 10.5. The lowest BCUT2D eigenvalue weighted by molar-refractivity contribution is -0.140. The van der Waals surface area contributed by atoms with Gasteiger partial charge in [-0.05, 0) is 25.2 Å². The van der Waals surface area contributed by atoms with Gasteiger partial charge < -0.3 is 9.84 Å². The van der Waals surface area contributed by atoms with Crippen LogP contribution in [0, 0.1) is 11.8 Å². The van der Waals surface area contributed by atoms with Gasteiger partial charge in [-0.25, -0.2) is 0 Å². The first kappa shape index (κ1) is 9.52. The second-order valence-corrected chi connectivity index (χ2v) is 3.71. The summed E-state index contributed by atoms with van der Waals surface area (Å²) in [5.41, 5.74) is 0. The molecular formula is C9H16O3. The molecule has 0 radical (unpaired) electrons. The summed E-state index contributed by atoms with van der Waals surface area (Å²) in [5, 5.41) is 8.63. The number of ether oxygens (including phenoxy) is 1. The van der Waals surface area contributed by atoms with Crippen LogP contribution >= 0.6 is 0 Å². The molecule has 1 N–H and O–H groups in total. The van der Waals surface area contributed by atoms with E-state index in [1.165, 1.54) is 0 Å². The van der Waals surface area contributed by atoms with E-state index >= 15 is 0 Å². The van der Waals surface area contributed by atoms with Gasteiger partial charge in [-0.1, -0.05) is 6.92 Å². The van der Waals surface area contributed by atoms with Gasteiger partial charge in [0.25, 0.3) is 0 Å². The van der Waals surface area contributed by atoms with Crippen LogP contribution in [0.15, 0.2) is 0 Å². The van der Waals surface area contributed by atoms with E-state index < -0.39 is 5.97 Å². The topological polar surface area (TPSA) is 46.5 Å². The van der Waals surface area contributed by atoms with Crippen LogP contribution in [0.1, 0.15) is 26.7 Å². The minimum atomic E-state index is -0.694. The first-order valence-electron chi connectivity index (χ1n) is 4.43. The number of carbonyl (C=O) groups is 1. The van der Waals surface area contributed by atoms with E-state index in [2.05, 4.69) is 6.92 Å². The molecule has 1 aliphatic rings. The maximum atomic E-state index is 10.5. The molecule has 12 heavy (non-hydrogen) atoms. The lowest BCUT2D eigenvalue weighted by atomic mass is 9.85. The predicted octanol–water partition coefficient (Wildman–Crippen LogP) is 1.52. The highest BCUT2D eigenvalue weighted by molar-refractivity contribution is 5.67. The number of carboxylic acids is 1. The number of hydrogen-bond acceptors (Lipinski definition) is 2. The van der Waals surface area contributed by atoms with Gasteiger partial charge in [0.2, 0.25) is 0 Å². The van der Waals surface area contributed by atoms with Crippen molar-refractivity contribution in [2.75, 3.05) is 6.61 Å². The van der Waals surface area contributed by atoms with E-state index in [1.54, 1.807) is 0 Å². The van der Waals surface area contributed by atoms with Crippen LogP contribution in [-0.4, -0.2) is 23.8 Å². The Kier molecular flexibility index (Phi) is 3.09. The van der Waals surface area contributed by atoms with Crippen molar-refractivity contribution in [2.24, 2.45) is 11.8 Å². The van der Waals surface area contributed by atoms with Gasteiger partial charge in [0, 0.05) is 13.0 Å². The maximum absolute atomic E-state index is 10.5. The lowest BCUT2D eigenvalue weighted by Gasteiger charge is -2.31. The minimum Gasteiger partial charge on any atom is -0.481 e. The normalized spacial score (nSPS) is 36.3. The van der Waals surface area contributed by atoms with E-state index in [4.69, 9.17) is 9.84 Å². The summed E-state index contributed by atoms with van der Waals surface area (Å²) in [6, 6.07) is 0. The van der Waals surface area contributed by atoms with E-state index in [9.17, 15) is 4.79 Å². The fourth-order valence-corrected chi connectivity index (χ4v) is 1.69. The average Bonchev–Trinajstić information content (AvgIpc) is 1.96. The van der Waals surface area contributed by atoms with E-state index in [0.29, 0.717) is 18.4 Å². The van der Waals surface area contributed by atoms with Crippen molar-refractivity contribution >= 4 is 5.97 Å². The Morgan fingerprint density at radius 3 is 2.83 bits per heavy atom. The van der Waals surface area contributed by atoms with Crippen LogP contribution in [0.2, 0.25) is 0 Å². The molecule has 0 bridgehead atoms. The maximum Gasteiger partial charge on any atom is 0.303 e. The molecule has 3 atom stereocenters. The molecule has 0 amide bonds. The molecule has 0 aliphatic carbocycles. The molecule has 3 heteroatoms. The number of aliphatic carboxylic acids is 1. The molecule has 0 saturated carbocycles. The molecule has 1 fully saturated rings. The van der Waals surface area contributed by atoms with Gasteiger partial charge in [-0.3, -0.25) is 4.79 Å². The Balaban J connectivity index is 2.43. The summed E-state index contributed by atoms with van der Waals surface area (Å²) in [5.74, 6) is -0.00972. The third-order valence-electron chi connectivity index (χ3n) is 2.52. The second-order valence-electron chi connectivity index (χ2n) is 3.71. The van der Waals surface area contributed by atoms with Crippen LogP contribution in [0.25, 0.3) is 0 Å². The summed E-state index contributed by atoms with van der Waals surface area (Å²) < 4.78 is 5.41. The van der Waals surface area contributed by atoms with Crippen molar-refractivity contribution in [3.05, 3.63) is 0 Å². The van der Waals surface area contributed by atoms with Gasteiger partial charge >= 0.3 is 5.97 Å². The fraction of sp³-hybridized carbons (Fsp3) is 0.889. The van der Waals surface area contributed by atoms with Crippen molar-refractivity contribution < 1.29 is 14.6 Å². The van der Waals surface area contributed by atoms with Crippen LogP contribution in [0.4, 0.5) is 0 Å². The van der Waals surface area contributed by atoms with Gasteiger partial charge in [-0.2, -0.15) is 0 Å². The summed E-state index contributed by atoms with van der Waals surface area (Å²) in [6.45, 7) is 4.76. The van der Waals surface area contributed by atoms with Crippen LogP contribution in [0.3, 0.4) is 0 Å². The average molecular weight is 172 g/mol. The molecule has 1 aliphatic heterocycles. The molecule has 0 spiro atoms. The van der Waals surface area contributed by atoms with Gasteiger partial charge in [-0.15, -0.1) is 0 Å². The van der Waals surface area contributed by atoms with Gasteiger partial charge in [0.05, 0.1) is 6.10 Å². The molecule has 1 unspecified atom stereocenters. The SMILES string of the molecule is C[C@H]1CC(CC(=O)O)[C@@H](C)CO1. The third kappa shape index (κ3) is 2.48. The first-order valence-corrected chi connectivity index (χ1v) is 4.43. The summed E-state index contributed by atoms with van der Waals surface area (Å²) in [7, 11) is 0. The predicted molar refractivity (Wildman–Crippen MR) is 44.9 cm³/mol. The minimum absolute atomic E-state index is 0.227. The van der Waals surface area contributed by atoms with Gasteiger partial charge in [0.1, 0.15) is 0 Å². The van der Waals surface area contributed by atoms with Crippen molar-refractivity contribution in [3.8, 4) is 0 Å². The fourth-order valence-electron chi connectivity index (χ4n) is 1.69. The van der Waals surface area contributed by atoms with Crippen LogP contribution in [0.5, 0.6) is 0 Å². The smallest absolute Gasteiger partial charge is 0.303 e. The summed E-state index contributed by atoms with van der Waals surface area (Å²) in [6.07, 6.45) is 1.40. The molecular weight excluding hydrogens is 156 g/mol. The van der Waals surface area contributed by atoms with Crippen molar-refractivity contribution in [1.82, 2.24) is 0 Å². The largest absolute Gasteiger partial charge is 0.481 e. The zero-order chi connectivity index (χ0) is 9.14. The second kappa shape index (κ2) is 3.90. The van der Waals surface area contributed by atoms with E-state index in [-0.39, 0.29) is 12.5 Å². The molecule has 0 aromatic rings. The number of hydrogen-bond donors (Lipinski definition) is 1. The lowest BCUT2D eigenvalue weighted by Crippen LogP contribution is -2.31. The Morgan fingerprint density at radius 2 is 2.25 bits per heavy atom. The molecule has 70 valence electrons. The number of carboxylic acid groups (broad SMARTS) is 1. The van der Waals surface area contributed by atoms with Crippen LogP contribution < -0.4 is 0 Å². The van der Waals surface area contributed by atoms with Gasteiger partial charge in [0.15, 0.2) is 0 Å². The first-order chi connectivity index (χ1) is 5.59. The van der Waals surface area contributed by atoms with Crippen molar-refractivity contribution in [2.45, 2.75) is 32.8 Å². The number of rotatable bonds is 2. The molecule has 0 aromatic carbocycles.